The van der Waals surface area contributed by atoms with E-state index in [-0.39, 0.29) is 0 Å². The van der Waals surface area contributed by atoms with Crippen molar-refractivity contribution in [1.29, 1.82) is 0 Å². The average molecular weight is 559 g/mol. The van der Waals surface area contributed by atoms with Crippen LogP contribution in [-0.4, -0.2) is 9.97 Å². The highest BCUT2D eigenvalue weighted by Gasteiger charge is 2.15. The first-order valence-corrected chi connectivity index (χ1v) is 15.0. The van der Waals surface area contributed by atoms with Gasteiger partial charge in [-0.1, -0.05) is 146 Å². The highest BCUT2D eigenvalue weighted by molar-refractivity contribution is 6.24. The lowest BCUT2D eigenvalue weighted by molar-refractivity contribution is 1.23. The first kappa shape index (κ1) is 24.7. The maximum Gasteiger partial charge on any atom is 0.160 e. The molecule has 0 bridgehead atoms. The van der Waals surface area contributed by atoms with Gasteiger partial charge in [-0.15, -0.1) is 0 Å². The molecule has 44 heavy (non-hydrogen) atoms. The Hall–Kier alpha value is -5.86. The molecule has 0 spiro atoms. The Morgan fingerprint density at radius 3 is 1.82 bits per heavy atom. The third-order valence-corrected chi connectivity index (χ3v) is 8.85. The van der Waals surface area contributed by atoms with Crippen LogP contribution in [0.3, 0.4) is 0 Å². The predicted molar refractivity (Wildman–Crippen MR) is 186 cm³/mol. The van der Waals surface area contributed by atoms with E-state index in [1.807, 2.05) is 24.3 Å². The third kappa shape index (κ3) is 3.89. The van der Waals surface area contributed by atoms with Crippen molar-refractivity contribution in [1.82, 2.24) is 9.97 Å². The molecule has 9 aromatic rings. The summed E-state index contributed by atoms with van der Waals surface area (Å²) in [6.45, 7) is 0. The van der Waals surface area contributed by atoms with Crippen LogP contribution in [-0.2, 0) is 0 Å². The average Bonchev–Trinajstić information content (AvgIpc) is 3.11. The predicted octanol–water partition coefficient (Wildman–Crippen LogP) is 11.2. The number of hydrogen-bond acceptors (Lipinski definition) is 2. The topological polar surface area (TPSA) is 25.8 Å². The Bertz CT molecular complexity index is 2530. The molecule has 0 aliphatic heterocycles. The van der Waals surface area contributed by atoms with E-state index in [1.165, 1.54) is 48.7 Å². The van der Waals surface area contributed by atoms with E-state index in [4.69, 9.17) is 9.97 Å². The fourth-order valence-electron chi connectivity index (χ4n) is 6.76. The second-order valence-electron chi connectivity index (χ2n) is 11.4. The van der Waals surface area contributed by atoms with Gasteiger partial charge in [0.2, 0.25) is 0 Å². The number of aromatic nitrogens is 2. The van der Waals surface area contributed by atoms with Gasteiger partial charge < -0.3 is 0 Å². The standard InChI is InChI=1S/C42H26N2/c1-3-11-29(12-4-1)41-38-26-31(20-25-39(38)43-42(44-41)30-13-5-2-6-14-30)33-17-9-15-28-19-22-36-35-21-18-27-10-7-8-16-32(27)34(35)23-24-37(36)40(28)33/h1-26H. The summed E-state index contributed by atoms with van der Waals surface area (Å²) in [5.41, 5.74) is 6.33. The summed E-state index contributed by atoms with van der Waals surface area (Å²) in [6, 6.07) is 56.2. The monoisotopic (exact) mass is 558 g/mol. The van der Waals surface area contributed by atoms with Gasteiger partial charge in [0.05, 0.1) is 11.2 Å². The van der Waals surface area contributed by atoms with E-state index >= 15 is 0 Å². The van der Waals surface area contributed by atoms with E-state index < -0.39 is 0 Å². The minimum atomic E-state index is 0.736. The molecule has 0 N–H and O–H groups in total. The van der Waals surface area contributed by atoms with E-state index in [1.54, 1.807) is 0 Å². The number of benzene rings is 8. The molecule has 0 saturated carbocycles. The minimum Gasteiger partial charge on any atom is -0.228 e. The second kappa shape index (κ2) is 9.86. The first-order valence-electron chi connectivity index (χ1n) is 15.0. The zero-order chi connectivity index (χ0) is 29.0. The first-order chi connectivity index (χ1) is 21.8. The van der Waals surface area contributed by atoms with Crippen LogP contribution >= 0.6 is 0 Å². The molecule has 0 amide bonds. The largest absolute Gasteiger partial charge is 0.228 e. The number of fused-ring (bicyclic) bond motifs is 8. The number of rotatable bonds is 3. The summed E-state index contributed by atoms with van der Waals surface area (Å²) in [7, 11) is 0. The van der Waals surface area contributed by atoms with Crippen molar-refractivity contribution in [2.24, 2.45) is 0 Å². The zero-order valence-corrected chi connectivity index (χ0v) is 23.9. The quantitative estimate of drug-likeness (QED) is 0.202. The molecule has 0 unspecified atom stereocenters. The Morgan fingerprint density at radius 1 is 0.341 bits per heavy atom. The van der Waals surface area contributed by atoms with Crippen molar-refractivity contribution < 1.29 is 0 Å². The maximum absolute atomic E-state index is 5.14. The Kier molecular flexibility index (Phi) is 5.54. The van der Waals surface area contributed by atoms with E-state index in [9.17, 15) is 0 Å². The number of hydrogen-bond donors (Lipinski definition) is 0. The van der Waals surface area contributed by atoms with E-state index in [0.29, 0.717) is 0 Å². The molecule has 8 aromatic carbocycles. The molecule has 0 aliphatic rings. The minimum absolute atomic E-state index is 0.736. The molecular weight excluding hydrogens is 532 g/mol. The van der Waals surface area contributed by atoms with Gasteiger partial charge in [0.25, 0.3) is 0 Å². The van der Waals surface area contributed by atoms with Crippen molar-refractivity contribution in [3.8, 4) is 33.8 Å². The van der Waals surface area contributed by atoms with Gasteiger partial charge in [-0.3, -0.25) is 0 Å². The molecule has 2 heteroatoms. The van der Waals surface area contributed by atoms with Crippen LogP contribution in [0.25, 0.3) is 87.8 Å². The van der Waals surface area contributed by atoms with Crippen molar-refractivity contribution in [2.45, 2.75) is 0 Å². The van der Waals surface area contributed by atoms with Gasteiger partial charge >= 0.3 is 0 Å². The van der Waals surface area contributed by atoms with Crippen LogP contribution < -0.4 is 0 Å². The lowest BCUT2D eigenvalue weighted by Crippen LogP contribution is -1.95. The smallest absolute Gasteiger partial charge is 0.160 e. The highest BCUT2D eigenvalue weighted by Crippen LogP contribution is 2.40. The molecular formula is C42H26N2. The van der Waals surface area contributed by atoms with Crippen LogP contribution in [0, 0.1) is 0 Å². The summed E-state index contributed by atoms with van der Waals surface area (Å²) in [5.74, 6) is 0.736. The lowest BCUT2D eigenvalue weighted by atomic mass is 9.90. The van der Waals surface area contributed by atoms with Gasteiger partial charge in [-0.2, -0.15) is 0 Å². The summed E-state index contributed by atoms with van der Waals surface area (Å²) >= 11 is 0. The Balaban J connectivity index is 1.31. The van der Waals surface area contributed by atoms with Gasteiger partial charge in [0, 0.05) is 16.5 Å². The summed E-state index contributed by atoms with van der Waals surface area (Å²) in [4.78, 5) is 10.2. The van der Waals surface area contributed by atoms with Crippen LogP contribution in [0.1, 0.15) is 0 Å². The molecule has 0 saturated heterocycles. The normalized spacial score (nSPS) is 11.6. The number of nitrogens with zero attached hydrogens (tertiary/aromatic N) is 2. The molecule has 204 valence electrons. The SMILES string of the molecule is c1ccc(-c2nc(-c3ccccc3)c3cc(-c4cccc5ccc6c7ccc8ccccc8c7ccc6c45)ccc3n2)cc1. The highest BCUT2D eigenvalue weighted by atomic mass is 14.9. The van der Waals surface area contributed by atoms with Gasteiger partial charge in [0.15, 0.2) is 5.82 Å². The molecule has 0 atom stereocenters. The van der Waals surface area contributed by atoms with Crippen LogP contribution in [0.4, 0.5) is 0 Å². The Morgan fingerprint density at radius 2 is 0.977 bits per heavy atom. The van der Waals surface area contributed by atoms with Crippen molar-refractivity contribution in [3.05, 3.63) is 158 Å². The van der Waals surface area contributed by atoms with Crippen LogP contribution in [0.15, 0.2) is 158 Å². The summed E-state index contributed by atoms with van der Waals surface area (Å²) in [6.07, 6.45) is 0. The maximum atomic E-state index is 5.14. The molecule has 0 fully saturated rings. The molecule has 9 rings (SSSR count). The fourth-order valence-corrected chi connectivity index (χ4v) is 6.76. The third-order valence-electron chi connectivity index (χ3n) is 8.85. The second-order valence-corrected chi connectivity index (χ2v) is 11.4. The lowest BCUT2D eigenvalue weighted by Gasteiger charge is -2.15. The van der Waals surface area contributed by atoms with E-state index in [0.717, 1.165) is 39.1 Å². The summed E-state index contributed by atoms with van der Waals surface area (Å²) < 4.78 is 0. The molecule has 0 radical (unpaired) electrons. The molecule has 0 aliphatic carbocycles. The summed E-state index contributed by atoms with van der Waals surface area (Å²) in [5, 5.41) is 11.2. The Labute approximate surface area is 254 Å². The molecule has 1 aromatic heterocycles. The van der Waals surface area contributed by atoms with Gasteiger partial charge in [0.1, 0.15) is 0 Å². The molecule has 2 nitrogen and oxygen atoms in total. The van der Waals surface area contributed by atoms with Gasteiger partial charge in [-0.05, 0) is 66.3 Å². The molecule has 1 heterocycles. The van der Waals surface area contributed by atoms with E-state index in [2.05, 4.69) is 133 Å². The van der Waals surface area contributed by atoms with Crippen LogP contribution in [0.5, 0.6) is 0 Å². The van der Waals surface area contributed by atoms with Crippen molar-refractivity contribution in [2.75, 3.05) is 0 Å². The zero-order valence-electron chi connectivity index (χ0n) is 23.9. The fraction of sp³-hybridized carbons (Fsp3) is 0. The van der Waals surface area contributed by atoms with Crippen molar-refractivity contribution in [3.63, 3.8) is 0 Å². The van der Waals surface area contributed by atoms with Crippen LogP contribution in [0.2, 0.25) is 0 Å². The van der Waals surface area contributed by atoms with Crippen molar-refractivity contribution >= 4 is 54.0 Å². The van der Waals surface area contributed by atoms with Gasteiger partial charge in [-0.25, -0.2) is 9.97 Å².